The lowest BCUT2D eigenvalue weighted by Gasteiger charge is -2.19. The van der Waals surface area contributed by atoms with Crippen LogP contribution in [0.15, 0.2) is 4.47 Å². The van der Waals surface area contributed by atoms with E-state index in [0.717, 1.165) is 0 Å². The molecular formula is C12H12B3BrO6. The lowest BCUT2D eigenvalue weighted by atomic mass is 9.74. The summed E-state index contributed by atoms with van der Waals surface area (Å²) in [7, 11) is 4.52. The highest BCUT2D eigenvalue weighted by atomic mass is 79.9. The Kier molecular flexibility index (Phi) is 3.91. The Labute approximate surface area is 137 Å². The Balaban J connectivity index is 3.03. The van der Waals surface area contributed by atoms with Gasteiger partial charge in [-0.3, -0.25) is 0 Å². The molecule has 0 aromatic heterocycles. The first-order chi connectivity index (χ1) is 10.1. The van der Waals surface area contributed by atoms with E-state index < -0.39 is 34.5 Å². The predicted octanol–water partition coefficient (Wildman–Crippen LogP) is -2.88. The molecule has 0 fully saturated rings. The standard InChI is InChI=1S/C12H12B3BrO6/c13-3-1(8(18)12(22)10(20)4(3)14)2-7(17)6(16)5(15)11(21)9(2)19/h17-22H,13-15H2. The summed E-state index contributed by atoms with van der Waals surface area (Å²) in [6, 6.07) is 0. The van der Waals surface area contributed by atoms with E-state index >= 15 is 0 Å². The zero-order chi connectivity index (χ0) is 16.9. The summed E-state index contributed by atoms with van der Waals surface area (Å²) in [5, 5.41) is 60.0. The summed E-state index contributed by atoms with van der Waals surface area (Å²) in [4.78, 5) is 0. The average molecular weight is 365 g/mol. The maximum absolute atomic E-state index is 10.3. The molecule has 10 heteroatoms. The van der Waals surface area contributed by atoms with Crippen molar-refractivity contribution < 1.29 is 30.6 Å². The van der Waals surface area contributed by atoms with Gasteiger partial charge in [0, 0.05) is 5.56 Å². The summed E-state index contributed by atoms with van der Waals surface area (Å²) in [6.45, 7) is 0. The summed E-state index contributed by atoms with van der Waals surface area (Å²) in [6.07, 6.45) is 0. The van der Waals surface area contributed by atoms with Crippen LogP contribution in [0.4, 0.5) is 0 Å². The monoisotopic (exact) mass is 364 g/mol. The van der Waals surface area contributed by atoms with Gasteiger partial charge in [0.15, 0.2) is 28.7 Å². The molecule has 0 heterocycles. The van der Waals surface area contributed by atoms with Crippen LogP contribution in [0.2, 0.25) is 0 Å². The minimum atomic E-state index is -0.770. The highest BCUT2D eigenvalue weighted by molar-refractivity contribution is 9.10. The largest absolute Gasteiger partial charge is 0.506 e. The summed E-state index contributed by atoms with van der Waals surface area (Å²) < 4.78 is 0.141. The molecular weight excluding hydrogens is 352 g/mol. The second-order valence-corrected chi connectivity index (χ2v) is 5.82. The third kappa shape index (κ3) is 2.06. The number of hydrogen-bond donors (Lipinski definition) is 6. The van der Waals surface area contributed by atoms with Crippen LogP contribution in [-0.2, 0) is 0 Å². The zero-order valence-corrected chi connectivity index (χ0v) is 13.6. The molecule has 6 nitrogen and oxygen atoms in total. The number of rotatable bonds is 1. The first-order valence-corrected chi connectivity index (χ1v) is 7.07. The maximum Gasteiger partial charge on any atom is 0.200 e. The molecule has 0 atom stereocenters. The highest BCUT2D eigenvalue weighted by Crippen LogP contribution is 2.50. The molecule has 2 aromatic carbocycles. The number of hydrogen-bond acceptors (Lipinski definition) is 6. The molecule has 0 unspecified atom stereocenters. The molecule has 0 amide bonds. The second-order valence-electron chi connectivity index (χ2n) is 5.03. The van der Waals surface area contributed by atoms with Gasteiger partial charge in [-0.05, 0) is 26.9 Å². The minimum Gasteiger partial charge on any atom is -0.506 e. The van der Waals surface area contributed by atoms with Crippen LogP contribution in [0, 0.1) is 0 Å². The molecule has 0 saturated heterocycles. The van der Waals surface area contributed by atoms with Crippen molar-refractivity contribution in [2.75, 3.05) is 0 Å². The number of aromatic hydroxyl groups is 6. The van der Waals surface area contributed by atoms with Gasteiger partial charge in [0.05, 0.1) is 10.0 Å². The molecule has 0 aliphatic heterocycles. The molecule has 0 aliphatic rings. The van der Waals surface area contributed by atoms with Gasteiger partial charge in [0.1, 0.15) is 29.3 Å². The van der Waals surface area contributed by atoms with Crippen LogP contribution in [0.3, 0.4) is 0 Å². The van der Waals surface area contributed by atoms with Gasteiger partial charge in [-0.2, -0.15) is 0 Å². The van der Waals surface area contributed by atoms with E-state index in [4.69, 9.17) is 0 Å². The van der Waals surface area contributed by atoms with Crippen LogP contribution < -0.4 is 16.4 Å². The van der Waals surface area contributed by atoms with Crippen LogP contribution in [0.25, 0.3) is 11.1 Å². The number of benzene rings is 2. The van der Waals surface area contributed by atoms with Crippen molar-refractivity contribution in [3.8, 4) is 45.6 Å². The van der Waals surface area contributed by atoms with E-state index in [1.807, 2.05) is 0 Å². The third-order valence-corrected chi connectivity index (χ3v) is 4.79. The lowest BCUT2D eigenvalue weighted by molar-refractivity contribution is 0.370. The van der Waals surface area contributed by atoms with Crippen molar-refractivity contribution in [1.29, 1.82) is 0 Å². The first-order valence-electron chi connectivity index (χ1n) is 6.28. The molecule has 0 radical (unpaired) electrons. The molecule has 0 aliphatic carbocycles. The number of phenolic OH excluding ortho intramolecular Hbond substituents is 6. The fourth-order valence-corrected chi connectivity index (χ4v) is 2.68. The van der Waals surface area contributed by atoms with E-state index in [2.05, 4.69) is 15.9 Å². The molecule has 112 valence electrons. The van der Waals surface area contributed by atoms with Gasteiger partial charge in [-0.25, -0.2) is 0 Å². The zero-order valence-electron chi connectivity index (χ0n) is 12.1. The van der Waals surface area contributed by atoms with Crippen molar-refractivity contribution in [3.05, 3.63) is 4.47 Å². The van der Waals surface area contributed by atoms with Crippen molar-refractivity contribution in [2.24, 2.45) is 0 Å². The molecule has 2 rings (SSSR count). The third-order valence-electron chi connectivity index (χ3n) is 3.82. The van der Waals surface area contributed by atoms with Gasteiger partial charge < -0.3 is 30.6 Å². The van der Waals surface area contributed by atoms with Crippen molar-refractivity contribution in [3.63, 3.8) is 0 Å². The molecule has 2 aromatic rings. The van der Waals surface area contributed by atoms with Crippen molar-refractivity contribution in [2.45, 2.75) is 0 Å². The average Bonchev–Trinajstić information content (AvgIpc) is 2.50. The van der Waals surface area contributed by atoms with Crippen LogP contribution in [0.5, 0.6) is 34.5 Å². The predicted molar refractivity (Wildman–Crippen MR) is 94.1 cm³/mol. The van der Waals surface area contributed by atoms with Crippen molar-refractivity contribution in [1.82, 2.24) is 0 Å². The second kappa shape index (κ2) is 5.28. The van der Waals surface area contributed by atoms with E-state index in [1.165, 1.54) is 23.5 Å². The maximum atomic E-state index is 10.3. The Morgan fingerprint density at radius 3 is 1.50 bits per heavy atom. The molecule has 0 spiro atoms. The Morgan fingerprint density at radius 1 is 0.500 bits per heavy atom. The minimum absolute atomic E-state index is 0.0844. The van der Waals surface area contributed by atoms with Gasteiger partial charge in [-0.15, -0.1) is 0 Å². The molecule has 0 bridgehead atoms. The summed E-state index contributed by atoms with van der Waals surface area (Å²) in [5.41, 5.74) is 0.478. The topological polar surface area (TPSA) is 121 Å². The molecule has 6 N–H and O–H groups in total. The molecule has 22 heavy (non-hydrogen) atoms. The fraction of sp³-hybridized carbons (Fsp3) is 0. The van der Waals surface area contributed by atoms with Gasteiger partial charge >= 0.3 is 0 Å². The SMILES string of the molecule is Bc1c(B)c(-c2c(O)c(O)c(B)c(Br)c2O)c(O)c(O)c1O. The van der Waals surface area contributed by atoms with E-state index in [-0.39, 0.29) is 26.5 Å². The Hall–Kier alpha value is -2.09. The van der Waals surface area contributed by atoms with Crippen LogP contribution in [-0.4, -0.2) is 54.2 Å². The van der Waals surface area contributed by atoms with E-state index in [1.54, 1.807) is 0 Å². The van der Waals surface area contributed by atoms with E-state index in [0.29, 0.717) is 5.46 Å². The quantitative estimate of drug-likeness (QED) is 0.184. The first kappa shape index (κ1) is 16.3. The van der Waals surface area contributed by atoms with Gasteiger partial charge in [-0.1, -0.05) is 5.46 Å². The molecule has 0 saturated carbocycles. The number of halogens is 1. The van der Waals surface area contributed by atoms with Crippen LogP contribution in [0.1, 0.15) is 0 Å². The normalized spacial score (nSPS) is 10.8. The van der Waals surface area contributed by atoms with Crippen LogP contribution >= 0.6 is 15.9 Å². The Morgan fingerprint density at radius 2 is 0.955 bits per heavy atom. The van der Waals surface area contributed by atoms with Crippen molar-refractivity contribution >= 4 is 55.9 Å². The fourth-order valence-electron chi connectivity index (χ4n) is 2.29. The highest BCUT2D eigenvalue weighted by Gasteiger charge is 2.27. The smallest absolute Gasteiger partial charge is 0.200 e. The van der Waals surface area contributed by atoms with Gasteiger partial charge in [0.25, 0.3) is 0 Å². The Bertz CT molecular complexity index is 683. The number of phenols is 6. The van der Waals surface area contributed by atoms with E-state index in [9.17, 15) is 30.6 Å². The summed E-state index contributed by atoms with van der Waals surface area (Å²) >= 11 is 3.10. The van der Waals surface area contributed by atoms with Gasteiger partial charge in [0.2, 0.25) is 0 Å². The summed E-state index contributed by atoms with van der Waals surface area (Å²) in [5.74, 6) is -3.48. The lowest BCUT2D eigenvalue weighted by Crippen LogP contribution is -2.28.